The molecule has 2 heterocycles. The Morgan fingerprint density at radius 3 is 2.24 bits per heavy atom. The predicted molar refractivity (Wildman–Crippen MR) is 140 cm³/mol. The Morgan fingerprint density at radius 1 is 0.838 bits per heavy atom. The van der Waals surface area contributed by atoms with Gasteiger partial charge in [-0.15, -0.1) is 0 Å². The lowest BCUT2D eigenvalue weighted by molar-refractivity contribution is 0.0519. The first kappa shape index (κ1) is 26.3. The molecule has 1 aromatic heterocycles. The van der Waals surface area contributed by atoms with Crippen LogP contribution in [0.25, 0.3) is 0 Å². The molecule has 0 atom stereocenters. The fourth-order valence-corrected chi connectivity index (χ4v) is 3.56. The summed E-state index contributed by atoms with van der Waals surface area (Å²) in [4.78, 5) is 27.6. The van der Waals surface area contributed by atoms with Crippen LogP contribution in [0, 0.1) is 0 Å². The van der Waals surface area contributed by atoms with Crippen LogP contribution < -0.4 is 25.6 Å². The van der Waals surface area contributed by atoms with Crippen LogP contribution in [0.15, 0.2) is 60.7 Å². The van der Waals surface area contributed by atoms with Crippen molar-refractivity contribution in [1.82, 2.24) is 25.6 Å². The summed E-state index contributed by atoms with van der Waals surface area (Å²) in [5, 5.41) is 9.35. The molecule has 1 aliphatic heterocycles. The normalized spacial score (nSPS) is 13.2. The number of amides is 1. The van der Waals surface area contributed by atoms with E-state index in [9.17, 15) is 4.79 Å². The number of carbonyl (C=O) groups is 1. The number of ether oxygens (including phenoxy) is 3. The minimum atomic E-state index is -0.109. The molecule has 0 unspecified atom stereocenters. The molecule has 11 heteroatoms. The average Bonchev–Trinajstić information content (AvgIpc) is 2.95. The Kier molecular flexibility index (Phi) is 10.4. The zero-order valence-electron chi connectivity index (χ0n) is 20.8. The van der Waals surface area contributed by atoms with Gasteiger partial charge in [-0.2, -0.15) is 15.0 Å². The molecule has 0 bridgehead atoms. The number of hydrogen-bond donors (Lipinski definition) is 3. The van der Waals surface area contributed by atoms with E-state index in [4.69, 9.17) is 14.2 Å². The number of nitrogens with zero attached hydrogens (tertiary/aromatic N) is 4. The third-order valence-electron chi connectivity index (χ3n) is 5.42. The summed E-state index contributed by atoms with van der Waals surface area (Å²) < 4.78 is 17.0. The van der Waals surface area contributed by atoms with E-state index in [1.54, 1.807) is 12.1 Å². The van der Waals surface area contributed by atoms with Crippen molar-refractivity contribution in [2.24, 2.45) is 0 Å². The maximum Gasteiger partial charge on any atom is 0.328 e. The van der Waals surface area contributed by atoms with Gasteiger partial charge in [0.15, 0.2) is 0 Å². The van der Waals surface area contributed by atoms with Crippen LogP contribution in [0.1, 0.15) is 10.4 Å². The van der Waals surface area contributed by atoms with Crippen LogP contribution in [-0.2, 0) is 9.47 Å². The van der Waals surface area contributed by atoms with Crippen LogP contribution in [-0.4, -0.2) is 86.6 Å². The number of para-hydroxylation sites is 1. The first-order valence-corrected chi connectivity index (χ1v) is 12.5. The lowest BCUT2D eigenvalue weighted by atomic mass is 10.2. The summed E-state index contributed by atoms with van der Waals surface area (Å²) in [5.41, 5.74) is 0.635. The highest BCUT2D eigenvalue weighted by Crippen LogP contribution is 2.21. The molecule has 0 spiro atoms. The van der Waals surface area contributed by atoms with Gasteiger partial charge in [0, 0.05) is 44.8 Å². The smallest absolute Gasteiger partial charge is 0.328 e. The van der Waals surface area contributed by atoms with Crippen LogP contribution in [0.2, 0.25) is 0 Å². The van der Waals surface area contributed by atoms with E-state index in [-0.39, 0.29) is 11.9 Å². The number of aromatic nitrogens is 3. The number of carbonyl (C=O) groups excluding carboxylic acids is 1. The number of nitrogens with one attached hydrogen (secondary N) is 3. The van der Waals surface area contributed by atoms with Gasteiger partial charge in [0.1, 0.15) is 5.75 Å². The summed E-state index contributed by atoms with van der Waals surface area (Å²) in [7, 11) is 0. The van der Waals surface area contributed by atoms with E-state index in [0.29, 0.717) is 62.7 Å². The van der Waals surface area contributed by atoms with E-state index in [2.05, 4.69) is 35.8 Å². The highest BCUT2D eigenvalue weighted by atomic mass is 16.5. The number of anilines is 2. The third-order valence-corrected chi connectivity index (χ3v) is 5.42. The average molecular weight is 508 g/mol. The highest BCUT2D eigenvalue weighted by Gasteiger charge is 2.17. The molecule has 0 saturated carbocycles. The minimum Gasteiger partial charge on any atom is -0.424 e. The monoisotopic (exact) mass is 507 g/mol. The van der Waals surface area contributed by atoms with Gasteiger partial charge in [-0.3, -0.25) is 4.79 Å². The molecular weight excluding hydrogens is 474 g/mol. The van der Waals surface area contributed by atoms with Crippen molar-refractivity contribution in [3.63, 3.8) is 0 Å². The Morgan fingerprint density at radius 2 is 1.51 bits per heavy atom. The van der Waals surface area contributed by atoms with Gasteiger partial charge in [-0.05, 0) is 24.3 Å². The van der Waals surface area contributed by atoms with E-state index in [0.717, 1.165) is 26.2 Å². The lowest BCUT2D eigenvalue weighted by Gasteiger charge is -2.27. The molecule has 3 N–H and O–H groups in total. The maximum absolute atomic E-state index is 12.0. The maximum atomic E-state index is 12.0. The molecule has 1 amide bonds. The molecule has 11 nitrogen and oxygen atoms in total. The molecule has 0 aliphatic carbocycles. The van der Waals surface area contributed by atoms with E-state index in [1.807, 2.05) is 48.5 Å². The zero-order valence-corrected chi connectivity index (χ0v) is 20.8. The van der Waals surface area contributed by atoms with Crippen LogP contribution in [0.5, 0.6) is 11.8 Å². The van der Waals surface area contributed by atoms with Crippen molar-refractivity contribution in [2.75, 3.05) is 75.9 Å². The van der Waals surface area contributed by atoms with Crippen molar-refractivity contribution in [3.05, 3.63) is 66.2 Å². The van der Waals surface area contributed by atoms with Crippen LogP contribution in [0.3, 0.4) is 0 Å². The summed E-state index contributed by atoms with van der Waals surface area (Å²) >= 11 is 0. The Labute approximate surface area is 216 Å². The molecule has 0 radical (unpaired) electrons. The molecule has 2 aromatic carbocycles. The van der Waals surface area contributed by atoms with Gasteiger partial charge in [-0.1, -0.05) is 36.4 Å². The molecule has 4 rings (SSSR count). The van der Waals surface area contributed by atoms with E-state index >= 15 is 0 Å². The number of hydrogen-bond acceptors (Lipinski definition) is 10. The Hall–Kier alpha value is -3.80. The minimum absolute atomic E-state index is 0.109. The van der Waals surface area contributed by atoms with Gasteiger partial charge < -0.3 is 35.1 Å². The third kappa shape index (κ3) is 8.98. The quantitative estimate of drug-likeness (QED) is 0.279. The molecule has 1 aliphatic rings. The van der Waals surface area contributed by atoms with E-state index in [1.165, 1.54) is 0 Å². The number of rotatable bonds is 14. The van der Waals surface area contributed by atoms with E-state index < -0.39 is 0 Å². The highest BCUT2D eigenvalue weighted by molar-refractivity contribution is 5.94. The first-order valence-electron chi connectivity index (χ1n) is 12.5. The van der Waals surface area contributed by atoms with Crippen molar-refractivity contribution in [3.8, 4) is 11.8 Å². The van der Waals surface area contributed by atoms with Crippen LogP contribution in [0.4, 0.5) is 11.9 Å². The first-order chi connectivity index (χ1) is 18.3. The predicted octanol–water partition coefficient (Wildman–Crippen LogP) is 1.95. The van der Waals surface area contributed by atoms with Crippen molar-refractivity contribution in [1.29, 1.82) is 0 Å². The summed E-state index contributed by atoms with van der Waals surface area (Å²) in [6, 6.07) is 18.8. The summed E-state index contributed by atoms with van der Waals surface area (Å²) in [5.74, 6) is 1.57. The molecule has 1 saturated heterocycles. The SMILES string of the molecule is O=C(NCCOCCOCCNc1nc(Oc2ccccc2)nc(N2CCNCC2)n1)c1ccccc1. The fraction of sp³-hybridized carbons (Fsp3) is 0.385. The molecule has 196 valence electrons. The molecule has 37 heavy (non-hydrogen) atoms. The topological polar surface area (TPSA) is 123 Å². The fourth-order valence-electron chi connectivity index (χ4n) is 3.56. The second kappa shape index (κ2) is 14.7. The van der Waals surface area contributed by atoms with Gasteiger partial charge in [-0.25, -0.2) is 0 Å². The zero-order chi connectivity index (χ0) is 25.5. The van der Waals surface area contributed by atoms with Gasteiger partial charge in [0.25, 0.3) is 5.91 Å². The Bertz CT molecular complexity index is 1080. The largest absolute Gasteiger partial charge is 0.424 e. The van der Waals surface area contributed by atoms with Gasteiger partial charge in [0.2, 0.25) is 11.9 Å². The second-order valence-electron chi connectivity index (χ2n) is 8.17. The summed E-state index contributed by atoms with van der Waals surface area (Å²) in [6.45, 7) is 6.09. The van der Waals surface area contributed by atoms with Gasteiger partial charge >= 0.3 is 6.01 Å². The number of benzene rings is 2. The van der Waals surface area contributed by atoms with Gasteiger partial charge in [0.05, 0.1) is 26.4 Å². The molecular formula is C26H33N7O4. The van der Waals surface area contributed by atoms with Crippen molar-refractivity contribution in [2.45, 2.75) is 0 Å². The molecule has 1 fully saturated rings. The van der Waals surface area contributed by atoms with Crippen molar-refractivity contribution >= 4 is 17.8 Å². The van der Waals surface area contributed by atoms with Crippen molar-refractivity contribution < 1.29 is 19.0 Å². The summed E-state index contributed by atoms with van der Waals surface area (Å²) in [6.07, 6.45) is 0. The lowest BCUT2D eigenvalue weighted by Crippen LogP contribution is -2.44. The second-order valence-corrected chi connectivity index (χ2v) is 8.17. The molecule has 3 aromatic rings. The number of piperazine rings is 1. The van der Waals surface area contributed by atoms with Crippen LogP contribution >= 0.6 is 0 Å². The standard InChI is InChI=1S/C26H33N7O4/c34-23(21-7-3-1-4-8-21)28-13-17-35-19-20-36-18-14-29-24-30-25(33-15-11-27-12-16-33)32-26(31-24)37-22-9-5-2-6-10-22/h1-10,27H,11-20H2,(H,28,34)(H,29,30,31,32). The Balaban J connectivity index is 1.15.